The van der Waals surface area contributed by atoms with E-state index in [0.29, 0.717) is 11.7 Å². The van der Waals surface area contributed by atoms with Crippen LogP contribution in [0.4, 0.5) is 5.69 Å². The van der Waals surface area contributed by atoms with E-state index in [4.69, 9.17) is 0 Å². The topological polar surface area (TPSA) is 73.4 Å². The van der Waals surface area contributed by atoms with Gasteiger partial charge in [0.25, 0.3) is 5.91 Å². The molecule has 0 fully saturated rings. The molecular formula is C20H15N5OS. The maximum atomic E-state index is 12.4. The molecule has 6 nitrogen and oxygen atoms in total. The van der Waals surface area contributed by atoms with E-state index in [-0.39, 0.29) is 5.91 Å². The van der Waals surface area contributed by atoms with E-state index in [2.05, 4.69) is 20.3 Å². The fraction of sp³-hybridized carbons (Fsp3) is 0.0500. The maximum absolute atomic E-state index is 12.4. The molecule has 0 bridgehead atoms. The molecule has 0 spiro atoms. The molecule has 1 aliphatic rings. The summed E-state index contributed by atoms with van der Waals surface area (Å²) in [6.45, 7) is 0. The van der Waals surface area contributed by atoms with Gasteiger partial charge in [-0.25, -0.2) is 9.98 Å². The summed E-state index contributed by atoms with van der Waals surface area (Å²) in [4.78, 5) is 26.2. The van der Waals surface area contributed by atoms with Crippen molar-refractivity contribution in [3.63, 3.8) is 0 Å². The van der Waals surface area contributed by atoms with Crippen LogP contribution >= 0.6 is 11.3 Å². The van der Waals surface area contributed by atoms with Crippen molar-refractivity contribution in [2.75, 3.05) is 11.9 Å². The SMILES string of the molecule is CN(C1=NC(=Cc2ccc3[nH]ccc3c2)C(=O)N1)c1ccc2ncsc2c1. The molecule has 2 aromatic carbocycles. The fourth-order valence-corrected chi connectivity index (χ4v) is 3.82. The van der Waals surface area contributed by atoms with Crippen LogP contribution in [0, 0.1) is 0 Å². The van der Waals surface area contributed by atoms with Crippen molar-refractivity contribution >= 4 is 56.1 Å². The smallest absolute Gasteiger partial charge is 0.276 e. The highest BCUT2D eigenvalue weighted by Gasteiger charge is 2.23. The molecule has 0 unspecified atom stereocenters. The van der Waals surface area contributed by atoms with Gasteiger partial charge in [-0.2, -0.15) is 0 Å². The predicted octanol–water partition coefficient (Wildman–Crippen LogP) is 3.74. The lowest BCUT2D eigenvalue weighted by Gasteiger charge is -2.18. The van der Waals surface area contributed by atoms with Gasteiger partial charge in [0, 0.05) is 24.4 Å². The number of aliphatic imine (C=N–C) groups is 1. The molecule has 7 heteroatoms. The van der Waals surface area contributed by atoms with Crippen molar-refractivity contribution in [2.24, 2.45) is 4.99 Å². The normalized spacial score (nSPS) is 15.5. The first-order valence-electron chi connectivity index (χ1n) is 8.43. The summed E-state index contributed by atoms with van der Waals surface area (Å²) in [6.07, 6.45) is 3.70. The van der Waals surface area contributed by atoms with Crippen molar-refractivity contribution in [1.82, 2.24) is 15.3 Å². The summed E-state index contributed by atoms with van der Waals surface area (Å²) in [6, 6.07) is 14.0. The molecule has 0 aliphatic carbocycles. The first-order chi connectivity index (χ1) is 13.2. The van der Waals surface area contributed by atoms with Gasteiger partial charge < -0.3 is 9.88 Å². The third-order valence-corrected chi connectivity index (χ3v) is 5.38. The molecule has 0 saturated carbocycles. The number of guanidine groups is 1. The van der Waals surface area contributed by atoms with Crippen LogP contribution in [0.5, 0.6) is 0 Å². The van der Waals surface area contributed by atoms with Gasteiger partial charge >= 0.3 is 0 Å². The number of thiazole rings is 1. The summed E-state index contributed by atoms with van der Waals surface area (Å²) in [5.74, 6) is 0.308. The highest BCUT2D eigenvalue weighted by atomic mass is 32.1. The van der Waals surface area contributed by atoms with Crippen molar-refractivity contribution in [3.05, 3.63) is 65.4 Å². The van der Waals surface area contributed by atoms with E-state index in [1.165, 1.54) is 0 Å². The Balaban J connectivity index is 1.47. The molecule has 132 valence electrons. The van der Waals surface area contributed by atoms with Crippen LogP contribution in [-0.4, -0.2) is 28.9 Å². The Morgan fingerprint density at radius 3 is 3.00 bits per heavy atom. The van der Waals surface area contributed by atoms with Crippen LogP contribution in [-0.2, 0) is 4.79 Å². The van der Waals surface area contributed by atoms with E-state index in [1.54, 1.807) is 17.4 Å². The van der Waals surface area contributed by atoms with E-state index in [9.17, 15) is 4.79 Å². The van der Waals surface area contributed by atoms with E-state index in [0.717, 1.165) is 32.4 Å². The molecule has 2 N–H and O–H groups in total. The largest absolute Gasteiger partial charge is 0.361 e. The Hall–Kier alpha value is -3.45. The predicted molar refractivity (Wildman–Crippen MR) is 110 cm³/mol. The quantitative estimate of drug-likeness (QED) is 0.526. The van der Waals surface area contributed by atoms with E-state index < -0.39 is 0 Å². The van der Waals surface area contributed by atoms with Gasteiger partial charge in [-0.05, 0) is 53.4 Å². The van der Waals surface area contributed by atoms with Gasteiger partial charge in [-0.1, -0.05) is 6.07 Å². The second-order valence-corrected chi connectivity index (χ2v) is 7.19. The molecular weight excluding hydrogens is 358 g/mol. The van der Waals surface area contributed by atoms with E-state index in [1.807, 2.05) is 66.1 Å². The minimum absolute atomic E-state index is 0.204. The van der Waals surface area contributed by atoms with Gasteiger partial charge in [0.15, 0.2) is 0 Å². The van der Waals surface area contributed by atoms with Gasteiger partial charge in [0.05, 0.1) is 15.7 Å². The summed E-state index contributed by atoms with van der Waals surface area (Å²) in [7, 11) is 1.89. The molecule has 1 amide bonds. The zero-order valence-electron chi connectivity index (χ0n) is 14.4. The zero-order chi connectivity index (χ0) is 18.4. The molecule has 27 heavy (non-hydrogen) atoms. The number of carbonyl (C=O) groups excluding carboxylic acids is 1. The first kappa shape index (κ1) is 15.8. The van der Waals surface area contributed by atoms with Gasteiger partial charge in [0.1, 0.15) is 5.70 Å². The number of H-pyrrole nitrogens is 1. The number of hydrogen-bond acceptors (Lipinski definition) is 5. The number of hydrogen-bond donors (Lipinski definition) is 2. The molecule has 1 aliphatic heterocycles. The molecule has 2 aromatic heterocycles. The van der Waals surface area contributed by atoms with Crippen LogP contribution in [0.1, 0.15) is 5.56 Å². The number of aromatic nitrogens is 2. The van der Waals surface area contributed by atoms with Crippen molar-refractivity contribution < 1.29 is 4.79 Å². The van der Waals surface area contributed by atoms with Gasteiger partial charge in [-0.15, -0.1) is 11.3 Å². The Kier molecular flexibility index (Phi) is 3.54. The Morgan fingerprint density at radius 2 is 2.07 bits per heavy atom. The van der Waals surface area contributed by atoms with Gasteiger partial charge in [0.2, 0.25) is 5.96 Å². The Morgan fingerprint density at radius 1 is 1.15 bits per heavy atom. The number of benzene rings is 2. The number of aromatic amines is 1. The lowest BCUT2D eigenvalue weighted by atomic mass is 10.1. The summed E-state index contributed by atoms with van der Waals surface area (Å²) >= 11 is 1.59. The number of carbonyl (C=O) groups is 1. The van der Waals surface area contributed by atoms with Crippen molar-refractivity contribution in [3.8, 4) is 0 Å². The Labute approximate surface area is 158 Å². The minimum atomic E-state index is -0.204. The molecule has 5 rings (SSSR count). The standard InChI is InChI=1S/C20H15N5OS/c1-25(14-3-5-16-18(10-14)27-11-22-16)20-23-17(19(26)24-20)9-12-2-4-15-13(8-12)6-7-21-15/h2-11,21H,1H3,(H,23,24,26). The third-order valence-electron chi connectivity index (χ3n) is 4.58. The Bertz CT molecular complexity index is 1250. The molecule has 3 heterocycles. The summed E-state index contributed by atoms with van der Waals surface area (Å²) < 4.78 is 1.10. The third kappa shape index (κ3) is 2.78. The monoisotopic (exact) mass is 373 g/mol. The fourth-order valence-electron chi connectivity index (χ4n) is 3.11. The second-order valence-electron chi connectivity index (χ2n) is 6.31. The lowest BCUT2D eigenvalue weighted by molar-refractivity contribution is -0.115. The number of fused-ring (bicyclic) bond motifs is 2. The van der Waals surface area contributed by atoms with Crippen LogP contribution < -0.4 is 10.2 Å². The molecule has 0 radical (unpaired) electrons. The minimum Gasteiger partial charge on any atom is -0.361 e. The molecule has 0 atom stereocenters. The zero-order valence-corrected chi connectivity index (χ0v) is 15.2. The number of nitrogens with zero attached hydrogens (tertiary/aromatic N) is 3. The highest BCUT2D eigenvalue weighted by molar-refractivity contribution is 7.16. The lowest BCUT2D eigenvalue weighted by Crippen LogP contribution is -2.37. The average Bonchev–Trinajstić information content (AvgIpc) is 3.40. The second kappa shape index (κ2) is 6.07. The number of anilines is 1. The van der Waals surface area contributed by atoms with Gasteiger partial charge in [-0.3, -0.25) is 10.1 Å². The van der Waals surface area contributed by atoms with Crippen LogP contribution in [0.15, 0.2) is 64.9 Å². The van der Waals surface area contributed by atoms with Crippen molar-refractivity contribution in [1.29, 1.82) is 0 Å². The van der Waals surface area contributed by atoms with Crippen LogP contribution in [0.25, 0.3) is 27.2 Å². The number of amides is 1. The first-order valence-corrected chi connectivity index (χ1v) is 9.31. The molecule has 4 aromatic rings. The number of nitrogens with one attached hydrogen (secondary N) is 2. The highest BCUT2D eigenvalue weighted by Crippen LogP contribution is 2.25. The van der Waals surface area contributed by atoms with E-state index >= 15 is 0 Å². The summed E-state index contributed by atoms with van der Waals surface area (Å²) in [5, 5.41) is 3.95. The summed E-state index contributed by atoms with van der Waals surface area (Å²) in [5.41, 5.74) is 6.13. The number of rotatable bonds is 2. The van der Waals surface area contributed by atoms with Crippen LogP contribution in [0.3, 0.4) is 0 Å². The average molecular weight is 373 g/mol. The molecule has 0 saturated heterocycles. The maximum Gasteiger partial charge on any atom is 0.276 e. The van der Waals surface area contributed by atoms with Crippen molar-refractivity contribution in [2.45, 2.75) is 0 Å². The van der Waals surface area contributed by atoms with Crippen LogP contribution in [0.2, 0.25) is 0 Å².